The summed E-state index contributed by atoms with van der Waals surface area (Å²) in [6, 6.07) is 10.6. The van der Waals surface area contributed by atoms with Crippen LogP contribution in [0.2, 0.25) is 0 Å². The number of imide groups is 2. The van der Waals surface area contributed by atoms with Gasteiger partial charge < -0.3 is 4.74 Å². The first-order valence-corrected chi connectivity index (χ1v) is 10.6. The molecule has 12 nitrogen and oxygen atoms in total. The van der Waals surface area contributed by atoms with Gasteiger partial charge >= 0.3 is 17.9 Å². The van der Waals surface area contributed by atoms with E-state index in [9.17, 15) is 47.8 Å². The van der Waals surface area contributed by atoms with Crippen molar-refractivity contribution < 1.29 is 42.1 Å². The van der Waals surface area contributed by atoms with Crippen LogP contribution in [-0.2, 0) is 15.8 Å². The quantitative estimate of drug-likeness (QED) is 0.197. The van der Waals surface area contributed by atoms with Crippen molar-refractivity contribution in [1.82, 2.24) is 5.32 Å². The highest BCUT2D eigenvalue weighted by Crippen LogP contribution is 2.38. The van der Waals surface area contributed by atoms with E-state index in [0.29, 0.717) is 17.0 Å². The van der Waals surface area contributed by atoms with E-state index < -0.39 is 62.1 Å². The lowest BCUT2D eigenvalue weighted by Crippen LogP contribution is -2.54. The van der Waals surface area contributed by atoms with Gasteiger partial charge in [0.15, 0.2) is 0 Å². The van der Waals surface area contributed by atoms with Crippen molar-refractivity contribution in [3.05, 3.63) is 104 Å². The Morgan fingerprint density at radius 1 is 0.897 bits per heavy atom. The molecular formula is C24H13F3N4O8. The summed E-state index contributed by atoms with van der Waals surface area (Å²) >= 11 is 0. The molecule has 0 aromatic heterocycles. The number of halogens is 3. The van der Waals surface area contributed by atoms with E-state index in [1.807, 2.05) is 5.32 Å². The zero-order valence-corrected chi connectivity index (χ0v) is 19.2. The number of barbiturate groups is 1. The van der Waals surface area contributed by atoms with E-state index in [0.717, 1.165) is 24.3 Å². The first-order valence-electron chi connectivity index (χ1n) is 10.6. The van der Waals surface area contributed by atoms with E-state index in [2.05, 4.69) is 0 Å². The largest absolute Gasteiger partial charge is 0.450 e. The number of alkyl halides is 3. The molecule has 0 bridgehead atoms. The third-order valence-electron chi connectivity index (χ3n) is 5.28. The van der Waals surface area contributed by atoms with Crippen molar-refractivity contribution in [2.45, 2.75) is 6.18 Å². The Hall–Kier alpha value is -5.60. The van der Waals surface area contributed by atoms with Crippen molar-refractivity contribution in [3.63, 3.8) is 0 Å². The number of benzene rings is 3. The molecular weight excluding hydrogens is 529 g/mol. The second-order valence-corrected chi connectivity index (χ2v) is 7.85. The van der Waals surface area contributed by atoms with Crippen LogP contribution in [0.1, 0.15) is 11.1 Å². The number of nitrogens with zero attached hydrogens (tertiary/aromatic N) is 3. The van der Waals surface area contributed by atoms with Gasteiger partial charge in [-0.25, -0.2) is 9.69 Å². The maximum absolute atomic E-state index is 13.0. The van der Waals surface area contributed by atoms with E-state index in [1.54, 1.807) is 0 Å². The molecule has 198 valence electrons. The first-order chi connectivity index (χ1) is 18.3. The van der Waals surface area contributed by atoms with E-state index in [1.165, 1.54) is 36.4 Å². The van der Waals surface area contributed by atoms with Gasteiger partial charge in [0.2, 0.25) is 5.75 Å². The molecule has 0 saturated carbocycles. The molecule has 39 heavy (non-hydrogen) atoms. The normalized spacial score (nSPS) is 14.8. The molecule has 0 unspecified atom stereocenters. The summed E-state index contributed by atoms with van der Waals surface area (Å²) in [4.78, 5) is 59.0. The molecule has 4 rings (SSSR count). The molecule has 4 amide bonds. The van der Waals surface area contributed by atoms with Gasteiger partial charge in [0.05, 0.1) is 21.1 Å². The summed E-state index contributed by atoms with van der Waals surface area (Å²) in [7, 11) is 0. The average molecular weight is 542 g/mol. The lowest BCUT2D eigenvalue weighted by Gasteiger charge is -2.26. The van der Waals surface area contributed by atoms with Crippen molar-refractivity contribution in [2.24, 2.45) is 0 Å². The Morgan fingerprint density at radius 2 is 1.62 bits per heavy atom. The maximum atomic E-state index is 13.0. The lowest BCUT2D eigenvalue weighted by molar-refractivity contribution is -0.385. The average Bonchev–Trinajstić information content (AvgIpc) is 2.86. The molecule has 0 spiro atoms. The fraction of sp³-hybridized carbons (Fsp3) is 0.0417. The molecule has 1 heterocycles. The number of nitrogens with one attached hydrogen (secondary N) is 1. The Morgan fingerprint density at radius 3 is 2.28 bits per heavy atom. The number of carbonyl (C=O) groups excluding carboxylic acids is 3. The van der Waals surface area contributed by atoms with Crippen LogP contribution < -0.4 is 15.0 Å². The predicted molar refractivity (Wildman–Crippen MR) is 127 cm³/mol. The highest BCUT2D eigenvalue weighted by atomic mass is 19.4. The number of ether oxygens (including phenoxy) is 1. The van der Waals surface area contributed by atoms with Crippen molar-refractivity contribution in [2.75, 3.05) is 4.90 Å². The van der Waals surface area contributed by atoms with Crippen LogP contribution >= 0.6 is 0 Å². The second kappa shape index (κ2) is 10.0. The summed E-state index contributed by atoms with van der Waals surface area (Å²) in [6.07, 6.45) is -3.75. The lowest BCUT2D eigenvalue weighted by atomic mass is 10.1. The molecule has 15 heteroatoms. The van der Waals surface area contributed by atoms with E-state index in [4.69, 9.17) is 4.74 Å². The number of hydrogen-bond donors (Lipinski definition) is 1. The second-order valence-electron chi connectivity index (χ2n) is 7.85. The van der Waals surface area contributed by atoms with Gasteiger partial charge in [0.25, 0.3) is 17.5 Å². The third-order valence-corrected chi connectivity index (χ3v) is 5.28. The molecule has 1 aliphatic heterocycles. The highest BCUT2D eigenvalue weighted by molar-refractivity contribution is 6.39. The third kappa shape index (κ3) is 5.56. The number of carbonyl (C=O) groups is 3. The molecule has 1 fully saturated rings. The number of nitro benzene ring substituents is 2. The topological polar surface area (TPSA) is 162 Å². The minimum atomic E-state index is -4.82. The molecule has 1 N–H and O–H groups in total. The van der Waals surface area contributed by atoms with Crippen molar-refractivity contribution in [3.8, 4) is 11.5 Å². The van der Waals surface area contributed by atoms with Crippen LogP contribution in [0.5, 0.6) is 11.5 Å². The molecule has 3 aromatic rings. The fourth-order valence-corrected chi connectivity index (χ4v) is 3.52. The van der Waals surface area contributed by atoms with Gasteiger partial charge in [-0.15, -0.1) is 0 Å². The van der Waals surface area contributed by atoms with Gasteiger partial charge in [-0.2, -0.15) is 13.2 Å². The summed E-state index contributed by atoms with van der Waals surface area (Å²) < 4.78 is 44.3. The molecule has 0 aliphatic carbocycles. The standard InChI is InChI=1S/C24H13F3N4O8/c25-24(26,27)14-7-8-20(19(11-14)31(37)38)39-17-6-1-3-13(9-17)10-18-21(32)28-23(34)29(22(18)33)15-4-2-5-16(12-15)30(35)36/h1-12H,(H,28,32,34)/b18-10-. The zero-order chi connectivity index (χ0) is 28.5. The van der Waals surface area contributed by atoms with E-state index in [-0.39, 0.29) is 17.0 Å². The van der Waals surface area contributed by atoms with Gasteiger partial charge in [-0.3, -0.25) is 35.1 Å². The number of hydrogen-bond acceptors (Lipinski definition) is 8. The number of anilines is 1. The predicted octanol–water partition coefficient (Wildman–Crippen LogP) is 4.98. The van der Waals surface area contributed by atoms with Crippen LogP contribution in [0.15, 0.2) is 72.3 Å². The Bertz CT molecular complexity index is 1590. The van der Waals surface area contributed by atoms with E-state index >= 15 is 0 Å². The minimum Gasteiger partial charge on any atom is -0.450 e. The number of urea groups is 1. The Kier molecular flexibility index (Phi) is 6.81. The monoisotopic (exact) mass is 542 g/mol. The smallest absolute Gasteiger partial charge is 0.416 e. The van der Waals surface area contributed by atoms with Gasteiger partial charge in [0.1, 0.15) is 11.3 Å². The fourth-order valence-electron chi connectivity index (χ4n) is 3.52. The maximum Gasteiger partial charge on any atom is 0.416 e. The van der Waals surface area contributed by atoms with Crippen LogP contribution in [-0.4, -0.2) is 27.7 Å². The number of amides is 4. The number of rotatable bonds is 6. The molecule has 1 saturated heterocycles. The SMILES string of the molecule is O=C1NC(=O)N(c2cccc([N+](=O)[O-])c2)C(=O)/C1=C\c1cccc(Oc2ccc(C(F)(F)F)cc2[N+](=O)[O-])c1. The molecule has 0 radical (unpaired) electrons. The molecule has 3 aromatic carbocycles. The zero-order valence-electron chi connectivity index (χ0n) is 19.2. The van der Waals surface area contributed by atoms with Gasteiger partial charge in [-0.05, 0) is 42.0 Å². The van der Waals surface area contributed by atoms with Crippen LogP contribution in [0.3, 0.4) is 0 Å². The minimum absolute atomic E-state index is 0.0810. The summed E-state index contributed by atoms with van der Waals surface area (Å²) in [5.41, 5.74) is -3.14. The summed E-state index contributed by atoms with van der Waals surface area (Å²) in [5, 5.41) is 24.4. The van der Waals surface area contributed by atoms with Crippen LogP contribution in [0.4, 0.5) is 35.0 Å². The first kappa shape index (κ1) is 26.5. The van der Waals surface area contributed by atoms with Gasteiger partial charge in [0, 0.05) is 18.2 Å². The Balaban J connectivity index is 1.66. The molecule has 1 aliphatic rings. The van der Waals surface area contributed by atoms with Crippen LogP contribution in [0, 0.1) is 20.2 Å². The highest BCUT2D eigenvalue weighted by Gasteiger charge is 2.37. The number of non-ortho nitro benzene ring substituents is 1. The molecule has 0 atom stereocenters. The summed E-state index contributed by atoms with van der Waals surface area (Å²) in [5.74, 6) is -2.72. The van der Waals surface area contributed by atoms with Gasteiger partial charge in [-0.1, -0.05) is 18.2 Å². The Labute approximate surface area is 215 Å². The van der Waals surface area contributed by atoms with Crippen molar-refractivity contribution in [1.29, 1.82) is 0 Å². The van der Waals surface area contributed by atoms with Crippen molar-refractivity contribution >= 4 is 41.0 Å². The summed E-state index contributed by atoms with van der Waals surface area (Å²) in [6.45, 7) is 0. The van der Waals surface area contributed by atoms with Crippen LogP contribution in [0.25, 0.3) is 6.08 Å². The number of nitro groups is 2.